The van der Waals surface area contributed by atoms with Gasteiger partial charge in [0, 0.05) is 35.2 Å². The molecule has 248 valence electrons. The first-order valence-corrected chi connectivity index (χ1v) is 15.9. The van der Waals surface area contributed by atoms with E-state index in [1.807, 2.05) is 63.2 Å². The number of carbonyl (C=O) groups is 3. The molecule has 0 aliphatic heterocycles. The van der Waals surface area contributed by atoms with Crippen LogP contribution in [0.4, 0.5) is 5.69 Å². The molecule has 47 heavy (non-hydrogen) atoms. The molecular formula is C35H43ClN8O3. The lowest BCUT2D eigenvalue weighted by Gasteiger charge is -2.28. The number of H-pyrrole nitrogens is 1. The maximum atomic E-state index is 13.6. The van der Waals surface area contributed by atoms with Gasteiger partial charge in [0.05, 0.1) is 0 Å². The van der Waals surface area contributed by atoms with E-state index in [2.05, 4.69) is 36.6 Å². The van der Waals surface area contributed by atoms with Gasteiger partial charge in [0.2, 0.25) is 17.6 Å². The van der Waals surface area contributed by atoms with Gasteiger partial charge in [0.1, 0.15) is 6.04 Å². The van der Waals surface area contributed by atoms with Crippen LogP contribution in [0.15, 0.2) is 66.7 Å². The number of aromatic nitrogens is 4. The number of amides is 3. The summed E-state index contributed by atoms with van der Waals surface area (Å²) in [6.45, 7) is 6.49. The first kappa shape index (κ1) is 35.2. The first-order valence-electron chi connectivity index (χ1n) is 15.9. The van der Waals surface area contributed by atoms with E-state index in [-0.39, 0.29) is 42.1 Å². The van der Waals surface area contributed by atoms with Crippen LogP contribution in [0.25, 0.3) is 22.5 Å². The number of halogens is 1. The van der Waals surface area contributed by atoms with Gasteiger partial charge in [-0.2, -0.15) is 5.21 Å². The molecule has 1 aromatic heterocycles. The van der Waals surface area contributed by atoms with Gasteiger partial charge in [-0.1, -0.05) is 30.3 Å². The van der Waals surface area contributed by atoms with Crippen molar-refractivity contribution in [2.24, 2.45) is 17.6 Å². The van der Waals surface area contributed by atoms with Crippen LogP contribution in [0.3, 0.4) is 0 Å². The number of aryl methyl sites for hydroxylation is 1. The Balaban J connectivity index is 0.00000500. The number of aromatic amines is 1. The normalized spacial score (nSPS) is 16.5. The molecule has 0 saturated heterocycles. The smallest absolute Gasteiger partial charge is 0.251 e. The summed E-state index contributed by atoms with van der Waals surface area (Å²) in [7, 11) is 0. The molecule has 1 fully saturated rings. The molecule has 4 aromatic rings. The number of hydrogen-bond acceptors (Lipinski definition) is 7. The van der Waals surface area contributed by atoms with Crippen molar-refractivity contribution in [2.75, 3.05) is 11.9 Å². The highest BCUT2D eigenvalue weighted by Crippen LogP contribution is 2.29. The van der Waals surface area contributed by atoms with E-state index in [1.54, 1.807) is 24.3 Å². The van der Waals surface area contributed by atoms with E-state index < -0.39 is 6.04 Å². The second kappa shape index (κ2) is 16.3. The fourth-order valence-electron chi connectivity index (χ4n) is 5.91. The second-order valence-electron chi connectivity index (χ2n) is 12.4. The summed E-state index contributed by atoms with van der Waals surface area (Å²) in [6.07, 6.45) is 3.70. The summed E-state index contributed by atoms with van der Waals surface area (Å²) >= 11 is 0. The largest absolute Gasteiger partial charge is 0.350 e. The Morgan fingerprint density at radius 2 is 1.60 bits per heavy atom. The highest BCUT2D eigenvalue weighted by molar-refractivity contribution is 5.98. The van der Waals surface area contributed by atoms with Crippen molar-refractivity contribution in [3.8, 4) is 22.5 Å². The Hall–Kier alpha value is -4.61. The Morgan fingerprint density at radius 1 is 0.915 bits per heavy atom. The minimum absolute atomic E-state index is 0. The number of nitrogens with zero attached hydrogens (tertiary/aromatic N) is 3. The third kappa shape index (κ3) is 9.24. The Labute approximate surface area is 281 Å². The van der Waals surface area contributed by atoms with Crippen molar-refractivity contribution in [3.63, 3.8) is 0 Å². The van der Waals surface area contributed by atoms with Crippen molar-refractivity contribution in [2.45, 2.75) is 65.0 Å². The van der Waals surface area contributed by atoms with Crippen LogP contribution >= 0.6 is 12.4 Å². The molecule has 3 aromatic carbocycles. The van der Waals surface area contributed by atoms with Crippen molar-refractivity contribution in [3.05, 3.63) is 83.4 Å². The highest BCUT2D eigenvalue weighted by atomic mass is 35.5. The average Bonchev–Trinajstić information content (AvgIpc) is 3.60. The Kier molecular flexibility index (Phi) is 12.2. The molecule has 0 unspecified atom stereocenters. The second-order valence-corrected chi connectivity index (χ2v) is 12.4. The van der Waals surface area contributed by atoms with Crippen LogP contribution in [-0.4, -0.2) is 57.0 Å². The molecule has 3 amide bonds. The van der Waals surface area contributed by atoms with E-state index in [9.17, 15) is 14.4 Å². The SMILES string of the molecule is Cc1cc(C(=O)NC(C)C)ccc1-c1ccc(C[C@H](NC(=O)C2CCC(CN)CC2)C(=O)Nc2ccc(-c3nn[nH]n3)cc2)cc1.Cl. The van der Waals surface area contributed by atoms with Gasteiger partial charge in [0.25, 0.3) is 5.91 Å². The molecule has 0 bridgehead atoms. The summed E-state index contributed by atoms with van der Waals surface area (Å²) in [5, 5.41) is 22.9. The van der Waals surface area contributed by atoms with Crippen LogP contribution in [0.1, 0.15) is 61.0 Å². The summed E-state index contributed by atoms with van der Waals surface area (Å²) < 4.78 is 0. The lowest BCUT2D eigenvalue weighted by molar-refractivity contribution is -0.130. The molecule has 0 radical (unpaired) electrons. The molecule has 6 N–H and O–H groups in total. The van der Waals surface area contributed by atoms with Gasteiger partial charge in [-0.15, -0.1) is 22.6 Å². The van der Waals surface area contributed by atoms with Crippen molar-refractivity contribution < 1.29 is 14.4 Å². The standard InChI is InChI=1S/C35H42N8O3.ClH/c1-21(2)37-34(45)28-14-17-30(22(3)18-28)25-8-4-23(5-9-25)19-31(39-33(44)27-10-6-24(20-36)7-11-27)35(46)38-29-15-12-26(13-16-29)32-40-42-43-41-32;/h4-5,8-9,12-18,21,24,27,31H,6-7,10-11,19-20,36H2,1-3H3,(H,37,45)(H,38,46)(H,39,44)(H,40,41,42,43);1H/t24?,27?,31-;/m0./s1. The van der Waals surface area contributed by atoms with E-state index in [0.717, 1.165) is 53.5 Å². The maximum absolute atomic E-state index is 13.6. The number of hydrogen-bond donors (Lipinski definition) is 5. The lowest BCUT2D eigenvalue weighted by atomic mass is 9.81. The van der Waals surface area contributed by atoms with Gasteiger partial charge in [-0.25, -0.2) is 0 Å². The van der Waals surface area contributed by atoms with E-state index in [1.165, 1.54) is 0 Å². The van der Waals surface area contributed by atoms with Gasteiger partial charge in [-0.3, -0.25) is 14.4 Å². The third-order valence-corrected chi connectivity index (χ3v) is 8.55. The summed E-state index contributed by atoms with van der Waals surface area (Å²) in [4.78, 5) is 39.4. The van der Waals surface area contributed by atoms with E-state index in [4.69, 9.17) is 5.73 Å². The van der Waals surface area contributed by atoms with Gasteiger partial charge in [0.15, 0.2) is 0 Å². The predicted molar refractivity (Wildman–Crippen MR) is 185 cm³/mol. The molecule has 12 heteroatoms. The molecule has 1 atom stereocenters. The van der Waals surface area contributed by atoms with Crippen LogP contribution < -0.4 is 21.7 Å². The maximum Gasteiger partial charge on any atom is 0.251 e. The van der Waals surface area contributed by atoms with Crippen LogP contribution in [0.5, 0.6) is 0 Å². The van der Waals surface area contributed by atoms with Gasteiger partial charge < -0.3 is 21.7 Å². The van der Waals surface area contributed by atoms with Crippen molar-refractivity contribution >= 4 is 35.8 Å². The Bertz CT molecular complexity index is 1630. The molecule has 0 spiro atoms. The average molecular weight is 659 g/mol. The number of nitrogens with one attached hydrogen (secondary N) is 4. The van der Waals surface area contributed by atoms with E-state index in [0.29, 0.717) is 36.0 Å². The zero-order valence-corrected chi connectivity index (χ0v) is 27.8. The minimum atomic E-state index is -0.775. The van der Waals surface area contributed by atoms with Crippen LogP contribution in [0.2, 0.25) is 0 Å². The predicted octanol–water partition coefficient (Wildman–Crippen LogP) is 4.83. The lowest BCUT2D eigenvalue weighted by Crippen LogP contribution is -2.48. The number of benzene rings is 3. The molecule has 1 aliphatic carbocycles. The van der Waals surface area contributed by atoms with Crippen molar-refractivity contribution in [1.29, 1.82) is 0 Å². The van der Waals surface area contributed by atoms with Crippen LogP contribution in [-0.2, 0) is 16.0 Å². The van der Waals surface area contributed by atoms with E-state index >= 15 is 0 Å². The fourth-order valence-corrected chi connectivity index (χ4v) is 5.91. The van der Waals surface area contributed by atoms with Crippen molar-refractivity contribution in [1.82, 2.24) is 31.3 Å². The highest BCUT2D eigenvalue weighted by Gasteiger charge is 2.29. The quantitative estimate of drug-likeness (QED) is 0.154. The molecule has 1 aliphatic rings. The number of nitrogens with two attached hydrogens (primary N) is 1. The molecule has 1 saturated carbocycles. The van der Waals surface area contributed by atoms with Gasteiger partial charge >= 0.3 is 0 Å². The Morgan fingerprint density at radius 3 is 2.19 bits per heavy atom. The first-order chi connectivity index (χ1) is 22.2. The topological polar surface area (TPSA) is 168 Å². The molecular weight excluding hydrogens is 616 g/mol. The zero-order valence-electron chi connectivity index (χ0n) is 27.0. The zero-order chi connectivity index (χ0) is 32.6. The van der Waals surface area contributed by atoms with Gasteiger partial charge in [-0.05, 0) is 123 Å². The number of anilines is 1. The molecule has 5 rings (SSSR count). The number of rotatable bonds is 11. The van der Waals surface area contributed by atoms with Crippen LogP contribution in [0, 0.1) is 18.8 Å². The molecule has 11 nitrogen and oxygen atoms in total. The summed E-state index contributed by atoms with van der Waals surface area (Å²) in [5.74, 6) is 0.279. The third-order valence-electron chi connectivity index (χ3n) is 8.55. The fraction of sp³-hybridized carbons (Fsp3) is 0.371. The summed E-state index contributed by atoms with van der Waals surface area (Å²) in [6, 6.07) is 20.1. The minimum Gasteiger partial charge on any atom is -0.350 e. The number of tetrazole rings is 1. The number of carbonyl (C=O) groups excluding carboxylic acids is 3. The monoisotopic (exact) mass is 658 g/mol. The summed E-state index contributed by atoms with van der Waals surface area (Å²) in [5.41, 5.74) is 11.7. The molecule has 1 heterocycles.